The lowest BCUT2D eigenvalue weighted by atomic mass is 9.82. The van der Waals surface area contributed by atoms with Crippen molar-refractivity contribution in [2.24, 2.45) is 17.1 Å². The lowest BCUT2D eigenvalue weighted by Gasteiger charge is -2.32. The van der Waals surface area contributed by atoms with E-state index in [-0.39, 0.29) is 29.9 Å². The van der Waals surface area contributed by atoms with E-state index in [1.165, 1.54) is 0 Å². The van der Waals surface area contributed by atoms with Gasteiger partial charge in [0, 0.05) is 18.6 Å². The summed E-state index contributed by atoms with van der Waals surface area (Å²) in [6.07, 6.45) is 1.77. The molecule has 1 atom stereocenters. The van der Waals surface area contributed by atoms with E-state index in [9.17, 15) is 9.90 Å². The number of aliphatic hydroxyl groups excluding tert-OH is 1. The van der Waals surface area contributed by atoms with Crippen LogP contribution in [0.5, 0.6) is 0 Å². The second-order valence-corrected chi connectivity index (χ2v) is 4.87. The molecule has 0 heterocycles. The monoisotopic (exact) mass is 230 g/mol. The van der Waals surface area contributed by atoms with Gasteiger partial charge < -0.3 is 16.2 Å². The molecular weight excluding hydrogens is 204 g/mol. The van der Waals surface area contributed by atoms with Crippen molar-refractivity contribution in [2.45, 2.75) is 46.6 Å². The van der Waals surface area contributed by atoms with Crippen LogP contribution >= 0.6 is 0 Å². The lowest BCUT2D eigenvalue weighted by Crippen LogP contribution is -2.49. The Labute approximate surface area is 98.6 Å². The molecule has 0 saturated heterocycles. The van der Waals surface area contributed by atoms with Gasteiger partial charge in [-0.05, 0) is 18.8 Å². The van der Waals surface area contributed by atoms with Crippen LogP contribution in [0, 0.1) is 11.3 Å². The molecule has 16 heavy (non-hydrogen) atoms. The standard InChI is InChI=1S/C12H26N2O2/c1-5-12(6-2,8-15)7-14-10(9(3)4)11(13)16/h9-10,14-15H,5-8H2,1-4H3,(H2,13,16). The maximum absolute atomic E-state index is 11.2. The smallest absolute Gasteiger partial charge is 0.234 e. The number of amides is 1. The van der Waals surface area contributed by atoms with E-state index < -0.39 is 0 Å². The largest absolute Gasteiger partial charge is 0.396 e. The molecule has 0 aliphatic carbocycles. The second-order valence-electron chi connectivity index (χ2n) is 4.87. The average Bonchev–Trinajstić information content (AvgIpc) is 2.24. The Morgan fingerprint density at radius 1 is 1.38 bits per heavy atom. The third kappa shape index (κ3) is 4.10. The summed E-state index contributed by atoms with van der Waals surface area (Å²) < 4.78 is 0. The van der Waals surface area contributed by atoms with Gasteiger partial charge in [0.25, 0.3) is 0 Å². The highest BCUT2D eigenvalue weighted by molar-refractivity contribution is 5.80. The minimum atomic E-state index is -0.325. The number of nitrogens with two attached hydrogens (primary N) is 1. The average molecular weight is 230 g/mol. The minimum Gasteiger partial charge on any atom is -0.396 e. The maximum Gasteiger partial charge on any atom is 0.234 e. The van der Waals surface area contributed by atoms with E-state index in [1.54, 1.807) is 0 Å². The Balaban J connectivity index is 4.43. The summed E-state index contributed by atoms with van der Waals surface area (Å²) in [6.45, 7) is 8.78. The molecule has 0 rings (SSSR count). The molecule has 4 N–H and O–H groups in total. The van der Waals surface area contributed by atoms with Crippen molar-refractivity contribution < 1.29 is 9.90 Å². The molecule has 0 aromatic rings. The van der Waals surface area contributed by atoms with E-state index in [0.29, 0.717) is 6.54 Å². The molecule has 0 fully saturated rings. The summed E-state index contributed by atoms with van der Waals surface area (Å²) in [5.74, 6) is -0.156. The molecule has 0 aliphatic rings. The van der Waals surface area contributed by atoms with Crippen molar-refractivity contribution in [3.05, 3.63) is 0 Å². The van der Waals surface area contributed by atoms with Crippen molar-refractivity contribution >= 4 is 5.91 Å². The number of hydrogen-bond acceptors (Lipinski definition) is 3. The second kappa shape index (κ2) is 6.86. The van der Waals surface area contributed by atoms with Gasteiger partial charge >= 0.3 is 0 Å². The van der Waals surface area contributed by atoms with Crippen LogP contribution < -0.4 is 11.1 Å². The molecule has 4 heteroatoms. The van der Waals surface area contributed by atoms with Crippen molar-refractivity contribution in [1.82, 2.24) is 5.32 Å². The third-order valence-corrected chi connectivity index (χ3v) is 3.51. The fraction of sp³-hybridized carbons (Fsp3) is 0.917. The number of rotatable bonds is 8. The van der Waals surface area contributed by atoms with Gasteiger partial charge in [-0.1, -0.05) is 27.7 Å². The van der Waals surface area contributed by atoms with Crippen LogP contribution in [0.2, 0.25) is 0 Å². The van der Waals surface area contributed by atoms with Crippen LogP contribution in [0.4, 0.5) is 0 Å². The molecule has 0 aromatic heterocycles. The van der Waals surface area contributed by atoms with Crippen molar-refractivity contribution in [1.29, 1.82) is 0 Å². The van der Waals surface area contributed by atoms with Gasteiger partial charge in [0.15, 0.2) is 0 Å². The first-order chi connectivity index (χ1) is 7.42. The molecule has 4 nitrogen and oxygen atoms in total. The molecule has 96 valence electrons. The van der Waals surface area contributed by atoms with Gasteiger partial charge in [-0.3, -0.25) is 4.79 Å². The van der Waals surface area contributed by atoms with Gasteiger partial charge in [-0.25, -0.2) is 0 Å². The Morgan fingerprint density at radius 2 is 1.88 bits per heavy atom. The zero-order chi connectivity index (χ0) is 12.8. The molecule has 0 aromatic carbocycles. The fourth-order valence-corrected chi connectivity index (χ4v) is 1.77. The Bertz CT molecular complexity index is 205. The number of carbonyl (C=O) groups excluding carboxylic acids is 1. The summed E-state index contributed by atoms with van der Waals surface area (Å²) in [7, 11) is 0. The molecule has 1 unspecified atom stereocenters. The number of nitrogens with one attached hydrogen (secondary N) is 1. The number of hydrogen-bond donors (Lipinski definition) is 3. The highest BCUT2D eigenvalue weighted by Crippen LogP contribution is 2.24. The third-order valence-electron chi connectivity index (χ3n) is 3.51. The van der Waals surface area contributed by atoms with Crippen LogP contribution in [-0.2, 0) is 4.79 Å². The SMILES string of the molecule is CCC(CC)(CO)CNC(C(N)=O)C(C)C. The fourth-order valence-electron chi connectivity index (χ4n) is 1.77. The number of primary amides is 1. The topological polar surface area (TPSA) is 75.3 Å². The first-order valence-electron chi connectivity index (χ1n) is 6.06. The van der Waals surface area contributed by atoms with E-state index in [4.69, 9.17) is 5.73 Å². The Kier molecular flexibility index (Phi) is 6.60. The first kappa shape index (κ1) is 15.4. The van der Waals surface area contributed by atoms with Crippen LogP contribution in [0.3, 0.4) is 0 Å². The highest BCUT2D eigenvalue weighted by atomic mass is 16.3. The molecule has 0 saturated carbocycles. The Hall–Kier alpha value is -0.610. The molecule has 0 aliphatic heterocycles. The summed E-state index contributed by atoms with van der Waals surface area (Å²) in [5.41, 5.74) is 5.19. The van der Waals surface area contributed by atoms with Crippen molar-refractivity contribution in [3.63, 3.8) is 0 Å². The van der Waals surface area contributed by atoms with Crippen molar-refractivity contribution in [3.8, 4) is 0 Å². The number of carbonyl (C=O) groups is 1. The summed E-state index contributed by atoms with van der Waals surface area (Å²) in [5, 5.41) is 12.6. The van der Waals surface area contributed by atoms with Crippen molar-refractivity contribution in [2.75, 3.05) is 13.2 Å². The number of aliphatic hydroxyl groups is 1. The van der Waals surface area contributed by atoms with E-state index in [0.717, 1.165) is 12.8 Å². The van der Waals surface area contributed by atoms with Gasteiger partial charge in [0.1, 0.15) is 0 Å². The maximum atomic E-state index is 11.2. The zero-order valence-electron chi connectivity index (χ0n) is 10.9. The predicted octanol–water partition coefficient (Wildman–Crippen LogP) is 0.885. The van der Waals surface area contributed by atoms with Crippen LogP contribution in [0.1, 0.15) is 40.5 Å². The molecule has 1 amide bonds. The van der Waals surface area contributed by atoms with Crippen LogP contribution in [0.15, 0.2) is 0 Å². The van der Waals surface area contributed by atoms with Crippen LogP contribution in [-0.4, -0.2) is 30.2 Å². The molecule has 0 radical (unpaired) electrons. The summed E-state index contributed by atoms with van der Waals surface area (Å²) in [4.78, 5) is 11.2. The summed E-state index contributed by atoms with van der Waals surface area (Å²) in [6, 6.07) is -0.316. The van der Waals surface area contributed by atoms with E-state index in [1.807, 2.05) is 13.8 Å². The van der Waals surface area contributed by atoms with Gasteiger partial charge in [-0.2, -0.15) is 0 Å². The van der Waals surface area contributed by atoms with E-state index in [2.05, 4.69) is 19.2 Å². The van der Waals surface area contributed by atoms with Crippen LogP contribution in [0.25, 0.3) is 0 Å². The first-order valence-corrected chi connectivity index (χ1v) is 6.06. The summed E-state index contributed by atoms with van der Waals surface area (Å²) >= 11 is 0. The lowest BCUT2D eigenvalue weighted by molar-refractivity contribution is -0.121. The molecule has 0 bridgehead atoms. The minimum absolute atomic E-state index is 0.135. The normalized spacial score (nSPS) is 14.1. The zero-order valence-corrected chi connectivity index (χ0v) is 10.9. The predicted molar refractivity (Wildman–Crippen MR) is 65.9 cm³/mol. The van der Waals surface area contributed by atoms with E-state index >= 15 is 0 Å². The molecule has 0 spiro atoms. The Morgan fingerprint density at radius 3 is 2.12 bits per heavy atom. The molecular formula is C12H26N2O2. The highest BCUT2D eigenvalue weighted by Gasteiger charge is 2.28. The van der Waals surface area contributed by atoms with Gasteiger partial charge in [0.05, 0.1) is 6.04 Å². The van der Waals surface area contributed by atoms with Gasteiger partial charge in [-0.15, -0.1) is 0 Å². The van der Waals surface area contributed by atoms with Gasteiger partial charge in [0.2, 0.25) is 5.91 Å². The quantitative estimate of drug-likeness (QED) is 0.579.